The molecule has 206 valence electrons. The van der Waals surface area contributed by atoms with E-state index in [0.29, 0.717) is 0 Å². The van der Waals surface area contributed by atoms with E-state index in [9.17, 15) is 9.46 Å². The summed E-state index contributed by atoms with van der Waals surface area (Å²) in [4.78, 5) is 36.3. The first kappa shape index (κ1) is 28.0. The van der Waals surface area contributed by atoms with Gasteiger partial charge in [0.15, 0.2) is 0 Å². The Balaban J connectivity index is 0.00000353. The monoisotopic (exact) mass is 650 g/mol. The second-order valence-electron chi connectivity index (χ2n) is 7.02. The molecule has 1 unspecified atom stereocenters. The van der Waals surface area contributed by atoms with Gasteiger partial charge in [-0.3, -0.25) is 4.57 Å². The molecule has 5 rings (SSSR count). The molecule has 0 saturated heterocycles. The van der Waals surface area contributed by atoms with Crippen molar-refractivity contribution in [2.75, 3.05) is 21.3 Å². The zero-order chi connectivity index (χ0) is 26.7. The van der Waals surface area contributed by atoms with Crippen molar-refractivity contribution in [1.29, 1.82) is 0 Å². The maximum absolute atomic E-state index is 11.9. The summed E-state index contributed by atoms with van der Waals surface area (Å²) in [6, 6.07) is 9.15. The van der Waals surface area contributed by atoms with E-state index >= 15 is 0 Å². The zero-order valence-corrected chi connectivity index (χ0v) is 22.4. The molecule has 8 bridgehead atoms. The number of fused-ring (bicyclic) bond motifs is 8. The van der Waals surface area contributed by atoms with Crippen molar-refractivity contribution >= 4 is 7.82 Å². The summed E-state index contributed by atoms with van der Waals surface area (Å²) in [6.07, 6.45) is 0. The SMILES string of the molecule is COc1nc2nc(n1)Oc1cc(cc(OP(=O)([O-])OC)c1)Oc1nc(OC)nc(n1)Oc1cccc(c1)O2.[Ag+]. The second-order valence-corrected chi connectivity index (χ2v) is 8.46. The topological polar surface area (TPSA) is 191 Å². The van der Waals surface area contributed by atoms with Gasteiger partial charge in [0.25, 0.3) is 0 Å². The van der Waals surface area contributed by atoms with E-state index in [2.05, 4.69) is 34.4 Å². The molecule has 0 fully saturated rings. The van der Waals surface area contributed by atoms with Crippen molar-refractivity contribution in [3.8, 4) is 64.8 Å². The van der Waals surface area contributed by atoms with Crippen molar-refractivity contribution < 1.29 is 69.3 Å². The zero-order valence-electron chi connectivity index (χ0n) is 20.1. The van der Waals surface area contributed by atoms with Gasteiger partial charge in [-0.05, 0) is 12.1 Å². The Morgan fingerprint density at radius 3 is 1.49 bits per heavy atom. The Bertz CT molecular complexity index is 1450. The van der Waals surface area contributed by atoms with Gasteiger partial charge in [0, 0.05) is 31.4 Å². The predicted molar refractivity (Wildman–Crippen MR) is 121 cm³/mol. The molecule has 1 aliphatic heterocycles. The standard InChI is InChI=1S/C21H17N6O10P.Ag/c1-30-16-22-18-26-20(24-16)35-13-8-14(10-15(9-13)37-38(28,29)32-3)36-21-25-17(31-2)23-19(27-21)34-12-6-4-5-11(7-12)33-18;/h4-10H,1-3H3,(H,28,29);/q;+1/p-1. The molecule has 0 radical (unpaired) electrons. The number of phosphoric acid groups is 1. The minimum Gasteiger partial charge on any atom is -0.746 e. The van der Waals surface area contributed by atoms with Gasteiger partial charge in [0.2, 0.25) is 0 Å². The quantitative estimate of drug-likeness (QED) is 0.199. The van der Waals surface area contributed by atoms with E-state index in [1.807, 2.05) is 0 Å². The molecule has 39 heavy (non-hydrogen) atoms. The van der Waals surface area contributed by atoms with Crippen LogP contribution in [0.25, 0.3) is 0 Å². The van der Waals surface area contributed by atoms with Crippen LogP contribution in [-0.4, -0.2) is 51.2 Å². The molecule has 4 aromatic rings. The molecular formula is C21H16AgN6O10P. The summed E-state index contributed by atoms with van der Waals surface area (Å²) < 4.78 is 54.4. The molecular weight excluding hydrogens is 635 g/mol. The predicted octanol–water partition coefficient (Wildman–Crippen LogP) is 3.05. The number of methoxy groups -OCH3 is 2. The van der Waals surface area contributed by atoms with E-state index < -0.39 is 7.82 Å². The van der Waals surface area contributed by atoms with Crippen LogP contribution in [0.4, 0.5) is 0 Å². The molecule has 0 N–H and O–H groups in total. The molecule has 1 atom stereocenters. The molecule has 1 aliphatic rings. The van der Waals surface area contributed by atoms with E-state index in [0.717, 1.165) is 7.11 Å². The third kappa shape index (κ3) is 7.08. The molecule has 2 aromatic heterocycles. The molecule has 0 spiro atoms. The van der Waals surface area contributed by atoms with Gasteiger partial charge in [-0.1, -0.05) is 6.07 Å². The molecule has 0 saturated carbocycles. The fourth-order valence-corrected chi connectivity index (χ4v) is 3.35. The average molecular weight is 651 g/mol. The van der Waals surface area contributed by atoms with Crippen LogP contribution in [0.15, 0.2) is 42.5 Å². The minimum atomic E-state index is -4.70. The number of benzene rings is 2. The summed E-state index contributed by atoms with van der Waals surface area (Å²) in [7, 11) is -1.07. The minimum absolute atomic E-state index is 0. The van der Waals surface area contributed by atoms with Gasteiger partial charge in [-0.25, -0.2) is 0 Å². The van der Waals surface area contributed by atoms with Crippen molar-refractivity contribution in [3.63, 3.8) is 0 Å². The third-order valence-electron chi connectivity index (χ3n) is 4.45. The van der Waals surface area contributed by atoms with Crippen molar-refractivity contribution in [2.24, 2.45) is 0 Å². The van der Waals surface area contributed by atoms with Crippen LogP contribution in [0, 0.1) is 0 Å². The van der Waals surface area contributed by atoms with E-state index in [1.165, 1.54) is 38.5 Å². The number of phosphoric ester groups is 1. The van der Waals surface area contributed by atoms with Crippen LogP contribution in [0.2, 0.25) is 0 Å². The second kappa shape index (κ2) is 11.8. The first-order chi connectivity index (χ1) is 18.3. The van der Waals surface area contributed by atoms with Crippen LogP contribution < -0.4 is 37.8 Å². The molecule has 3 heterocycles. The first-order valence-corrected chi connectivity index (χ1v) is 11.9. The maximum atomic E-state index is 11.9. The van der Waals surface area contributed by atoms with Gasteiger partial charge in [-0.15, -0.1) is 29.9 Å². The molecule has 0 amide bonds. The van der Waals surface area contributed by atoms with Gasteiger partial charge in [0.05, 0.1) is 14.2 Å². The Morgan fingerprint density at radius 2 is 1.08 bits per heavy atom. The van der Waals surface area contributed by atoms with Crippen LogP contribution in [-0.2, 0) is 31.5 Å². The Kier molecular flexibility index (Phi) is 8.44. The number of ether oxygens (including phenoxy) is 6. The Labute approximate surface area is 235 Å². The summed E-state index contributed by atoms with van der Waals surface area (Å²) in [5, 5.41) is 0. The molecule has 2 aromatic carbocycles. The largest absolute Gasteiger partial charge is 1.00 e. The van der Waals surface area contributed by atoms with E-state index in [-0.39, 0.29) is 87.2 Å². The number of rotatable bonds is 5. The first-order valence-electron chi connectivity index (χ1n) is 10.4. The number of hydrogen-bond donors (Lipinski definition) is 0. The number of nitrogens with zero attached hydrogens (tertiary/aromatic N) is 6. The number of hydrogen-bond acceptors (Lipinski definition) is 16. The van der Waals surface area contributed by atoms with Gasteiger partial charge in [-0.2, -0.15) is 0 Å². The third-order valence-corrected chi connectivity index (χ3v) is 5.33. The Morgan fingerprint density at radius 1 is 0.667 bits per heavy atom. The van der Waals surface area contributed by atoms with Crippen molar-refractivity contribution in [3.05, 3.63) is 42.5 Å². The average Bonchev–Trinajstić information content (AvgIpc) is 2.87. The van der Waals surface area contributed by atoms with E-state index in [1.54, 1.807) is 18.2 Å². The van der Waals surface area contributed by atoms with Crippen molar-refractivity contribution in [2.45, 2.75) is 0 Å². The van der Waals surface area contributed by atoms with E-state index in [4.69, 9.17) is 32.9 Å². The van der Waals surface area contributed by atoms with Gasteiger partial charge < -0.3 is 42.4 Å². The van der Waals surface area contributed by atoms with Crippen molar-refractivity contribution in [1.82, 2.24) is 29.9 Å². The maximum Gasteiger partial charge on any atom is 1.00 e. The molecule has 18 heteroatoms. The Hall–Kier alpha value is -4.05. The fourth-order valence-electron chi connectivity index (χ4n) is 2.91. The summed E-state index contributed by atoms with van der Waals surface area (Å²) in [5.41, 5.74) is 0. The van der Waals surface area contributed by atoms with Gasteiger partial charge >= 0.3 is 66.3 Å². The summed E-state index contributed by atoms with van der Waals surface area (Å²) in [6.45, 7) is 0. The van der Waals surface area contributed by atoms with Crippen LogP contribution in [0.1, 0.15) is 0 Å². The smallest absolute Gasteiger partial charge is 0.746 e. The fraction of sp³-hybridized carbons (Fsp3) is 0.143. The van der Waals surface area contributed by atoms with Gasteiger partial charge in [0.1, 0.15) is 28.7 Å². The molecule has 0 aliphatic carbocycles. The summed E-state index contributed by atoms with van der Waals surface area (Å²) in [5.74, 6) is 0.312. The summed E-state index contributed by atoms with van der Waals surface area (Å²) >= 11 is 0. The van der Waals surface area contributed by atoms with Crippen LogP contribution in [0.3, 0.4) is 0 Å². The van der Waals surface area contributed by atoms with Crippen LogP contribution in [0.5, 0.6) is 64.8 Å². The molecule has 16 nitrogen and oxygen atoms in total. The van der Waals surface area contributed by atoms with Crippen LogP contribution >= 0.6 is 7.82 Å². The number of aromatic nitrogens is 6. The normalized spacial score (nSPS) is 13.1.